The molecule has 0 aromatic heterocycles. The average Bonchev–Trinajstić information content (AvgIpc) is 2.98. The number of aliphatic carboxylic acids is 1. The first-order valence-electron chi connectivity index (χ1n) is 8.00. The van der Waals surface area contributed by atoms with Gasteiger partial charge in [-0.2, -0.15) is 0 Å². The molecule has 2 aliphatic rings. The van der Waals surface area contributed by atoms with Crippen LogP contribution in [0.1, 0.15) is 39.0 Å². The summed E-state index contributed by atoms with van der Waals surface area (Å²) in [5, 5.41) is 9.11. The Morgan fingerprint density at radius 3 is 2.48 bits per heavy atom. The second-order valence-electron chi connectivity index (χ2n) is 6.23. The molecule has 0 aromatic rings. The molecule has 1 heterocycles. The summed E-state index contributed by atoms with van der Waals surface area (Å²) in [4.78, 5) is 29.6. The van der Waals surface area contributed by atoms with Gasteiger partial charge < -0.3 is 14.9 Å². The van der Waals surface area contributed by atoms with Crippen molar-refractivity contribution in [1.29, 1.82) is 0 Å². The van der Waals surface area contributed by atoms with Crippen LogP contribution in [0.25, 0.3) is 0 Å². The molecule has 2 fully saturated rings. The van der Waals surface area contributed by atoms with Gasteiger partial charge in [0.1, 0.15) is 6.54 Å². The van der Waals surface area contributed by atoms with Crippen molar-refractivity contribution in [2.75, 3.05) is 33.2 Å². The summed E-state index contributed by atoms with van der Waals surface area (Å²) in [7, 11) is 2.09. The molecule has 0 spiro atoms. The maximum atomic E-state index is 12.8. The zero-order valence-electron chi connectivity index (χ0n) is 13.1. The first kappa shape index (κ1) is 16.1. The summed E-state index contributed by atoms with van der Waals surface area (Å²) < 4.78 is 0. The van der Waals surface area contributed by atoms with Gasteiger partial charge in [-0.05, 0) is 26.3 Å². The normalized spacial score (nSPS) is 24.3. The number of nitrogens with zero attached hydrogens (tertiary/aromatic N) is 3. The van der Waals surface area contributed by atoms with Crippen molar-refractivity contribution < 1.29 is 14.7 Å². The van der Waals surface area contributed by atoms with Crippen LogP contribution in [0, 0.1) is 0 Å². The van der Waals surface area contributed by atoms with Crippen molar-refractivity contribution in [1.82, 2.24) is 14.7 Å². The van der Waals surface area contributed by atoms with E-state index >= 15 is 0 Å². The lowest BCUT2D eigenvalue weighted by Gasteiger charge is -2.42. The zero-order chi connectivity index (χ0) is 15.4. The van der Waals surface area contributed by atoms with Gasteiger partial charge in [-0.25, -0.2) is 4.79 Å². The van der Waals surface area contributed by atoms with E-state index in [1.807, 2.05) is 4.90 Å². The number of piperazine rings is 1. The van der Waals surface area contributed by atoms with E-state index in [1.165, 1.54) is 0 Å². The summed E-state index contributed by atoms with van der Waals surface area (Å²) in [6.45, 7) is 4.20. The number of urea groups is 1. The van der Waals surface area contributed by atoms with Crippen molar-refractivity contribution in [2.45, 2.75) is 51.1 Å². The van der Waals surface area contributed by atoms with Crippen molar-refractivity contribution in [3.63, 3.8) is 0 Å². The second-order valence-corrected chi connectivity index (χ2v) is 6.23. The Hall–Kier alpha value is -1.30. The summed E-state index contributed by atoms with van der Waals surface area (Å²) >= 11 is 0. The average molecular weight is 297 g/mol. The molecule has 0 aromatic carbocycles. The summed E-state index contributed by atoms with van der Waals surface area (Å²) in [6.07, 6.45) is 5.05. The molecule has 1 atom stereocenters. The third-order valence-electron chi connectivity index (χ3n) is 4.84. The number of carbonyl (C=O) groups excluding carboxylic acids is 1. The Bertz CT molecular complexity index is 382. The van der Waals surface area contributed by atoms with E-state index in [1.54, 1.807) is 4.90 Å². The first-order valence-corrected chi connectivity index (χ1v) is 8.00. The van der Waals surface area contributed by atoms with Crippen molar-refractivity contribution in [3.05, 3.63) is 0 Å². The van der Waals surface area contributed by atoms with Gasteiger partial charge in [0.2, 0.25) is 0 Å². The first-order chi connectivity index (χ1) is 10.0. The summed E-state index contributed by atoms with van der Waals surface area (Å²) in [6, 6.07) is 0.391. The summed E-state index contributed by atoms with van der Waals surface area (Å²) in [5.74, 6) is -0.920. The Kier molecular flexibility index (Phi) is 5.45. The Morgan fingerprint density at radius 2 is 1.90 bits per heavy atom. The van der Waals surface area contributed by atoms with E-state index in [4.69, 9.17) is 5.11 Å². The lowest BCUT2D eigenvalue weighted by atomic mass is 10.1. The number of carbonyl (C=O) groups is 2. The molecule has 21 heavy (non-hydrogen) atoms. The largest absolute Gasteiger partial charge is 0.480 e. The van der Waals surface area contributed by atoms with Gasteiger partial charge in [0, 0.05) is 31.7 Å². The molecule has 120 valence electrons. The van der Waals surface area contributed by atoms with Gasteiger partial charge in [-0.1, -0.05) is 19.8 Å². The zero-order valence-corrected chi connectivity index (χ0v) is 13.1. The number of likely N-dealkylation sites (N-methyl/N-ethyl adjacent to an activating group) is 1. The van der Waals surface area contributed by atoms with Crippen LogP contribution in [0.3, 0.4) is 0 Å². The molecule has 1 N–H and O–H groups in total. The number of hydrogen-bond acceptors (Lipinski definition) is 3. The highest BCUT2D eigenvalue weighted by Crippen LogP contribution is 2.25. The maximum Gasteiger partial charge on any atom is 0.323 e. The third-order valence-corrected chi connectivity index (χ3v) is 4.84. The Balaban J connectivity index is 2.04. The SMILES string of the molecule is CCC1CN(C(=O)N(CC(=O)O)C2CCCC2)CCN1C. The van der Waals surface area contributed by atoms with E-state index in [2.05, 4.69) is 18.9 Å². The number of amides is 2. The highest BCUT2D eigenvalue weighted by atomic mass is 16.4. The van der Waals surface area contributed by atoms with Crippen LogP contribution < -0.4 is 0 Å². The van der Waals surface area contributed by atoms with Crippen LogP contribution in [0.15, 0.2) is 0 Å². The molecule has 0 bridgehead atoms. The highest BCUT2D eigenvalue weighted by molar-refractivity contribution is 5.80. The molecule has 2 amide bonds. The number of carboxylic acids is 1. The quantitative estimate of drug-likeness (QED) is 0.853. The molecule has 6 heteroatoms. The van der Waals surface area contributed by atoms with Crippen LogP contribution in [-0.2, 0) is 4.79 Å². The molecule has 6 nitrogen and oxygen atoms in total. The van der Waals surface area contributed by atoms with Crippen LogP contribution in [0.4, 0.5) is 4.79 Å². The molecule has 1 saturated carbocycles. The van der Waals surface area contributed by atoms with E-state index in [9.17, 15) is 9.59 Å². The minimum Gasteiger partial charge on any atom is -0.480 e. The molecule has 1 saturated heterocycles. The summed E-state index contributed by atoms with van der Waals surface area (Å²) in [5.41, 5.74) is 0. The highest BCUT2D eigenvalue weighted by Gasteiger charge is 2.34. The van der Waals surface area contributed by atoms with Gasteiger partial charge >= 0.3 is 12.0 Å². The smallest absolute Gasteiger partial charge is 0.323 e. The molecule has 1 aliphatic heterocycles. The number of hydrogen-bond donors (Lipinski definition) is 1. The number of rotatable bonds is 4. The fourth-order valence-corrected chi connectivity index (χ4v) is 3.46. The predicted molar refractivity (Wildman–Crippen MR) is 80.3 cm³/mol. The van der Waals surface area contributed by atoms with Gasteiger partial charge in [0.05, 0.1) is 0 Å². The van der Waals surface area contributed by atoms with Crippen LogP contribution in [0.2, 0.25) is 0 Å². The molecular weight excluding hydrogens is 270 g/mol. The minimum absolute atomic E-state index is 0.0872. The lowest BCUT2D eigenvalue weighted by molar-refractivity contribution is -0.138. The van der Waals surface area contributed by atoms with Crippen LogP contribution in [0.5, 0.6) is 0 Å². The Labute approximate surface area is 126 Å². The lowest BCUT2D eigenvalue weighted by Crippen LogP contribution is -2.58. The van der Waals surface area contributed by atoms with Crippen LogP contribution in [-0.4, -0.2) is 77.1 Å². The molecule has 2 rings (SSSR count). The van der Waals surface area contributed by atoms with Crippen molar-refractivity contribution in [3.8, 4) is 0 Å². The van der Waals surface area contributed by atoms with E-state index < -0.39 is 5.97 Å². The van der Waals surface area contributed by atoms with E-state index in [0.717, 1.165) is 38.6 Å². The topological polar surface area (TPSA) is 64.1 Å². The molecule has 0 radical (unpaired) electrons. The van der Waals surface area contributed by atoms with E-state index in [-0.39, 0.29) is 18.6 Å². The van der Waals surface area contributed by atoms with Gasteiger partial charge in [-0.15, -0.1) is 0 Å². The Morgan fingerprint density at radius 1 is 1.24 bits per heavy atom. The van der Waals surface area contributed by atoms with Crippen molar-refractivity contribution >= 4 is 12.0 Å². The van der Waals surface area contributed by atoms with Crippen molar-refractivity contribution in [2.24, 2.45) is 0 Å². The second kappa shape index (κ2) is 7.11. The monoisotopic (exact) mass is 297 g/mol. The van der Waals surface area contributed by atoms with Gasteiger partial charge in [-0.3, -0.25) is 9.69 Å². The molecule has 1 aliphatic carbocycles. The third kappa shape index (κ3) is 3.87. The number of carboxylic acid groups (broad SMARTS) is 1. The predicted octanol–water partition coefficient (Wildman–Crippen LogP) is 1.46. The fourth-order valence-electron chi connectivity index (χ4n) is 3.46. The maximum absolute atomic E-state index is 12.8. The fraction of sp³-hybridized carbons (Fsp3) is 0.867. The molecular formula is C15H27N3O3. The van der Waals surface area contributed by atoms with Gasteiger partial charge in [0.15, 0.2) is 0 Å². The van der Waals surface area contributed by atoms with Gasteiger partial charge in [0.25, 0.3) is 0 Å². The standard InChI is InChI=1S/C15H27N3O3/c1-3-12-10-17(9-8-16(12)2)15(21)18(11-14(19)20)13-6-4-5-7-13/h12-13H,3-11H2,1-2H3,(H,19,20). The van der Waals surface area contributed by atoms with Crippen LogP contribution >= 0.6 is 0 Å². The molecule has 1 unspecified atom stereocenters. The minimum atomic E-state index is -0.920. The van der Waals surface area contributed by atoms with E-state index in [0.29, 0.717) is 19.1 Å².